The largest absolute Gasteiger partial charge is 0.401 e. The molecule has 0 radical (unpaired) electrons. The molecule has 116 valence electrons. The highest BCUT2D eigenvalue weighted by molar-refractivity contribution is 7.09. The number of thiazole rings is 1. The van der Waals surface area contributed by atoms with Crippen LogP contribution in [0.4, 0.5) is 13.2 Å². The van der Waals surface area contributed by atoms with Crippen LogP contribution in [-0.4, -0.2) is 34.7 Å². The topological polar surface area (TPSA) is 28.2 Å². The van der Waals surface area contributed by atoms with Gasteiger partial charge in [-0.25, -0.2) is 4.98 Å². The smallest absolute Gasteiger partial charge is 0.308 e. The number of alkyl halides is 3. The third-order valence-corrected chi connectivity index (χ3v) is 3.64. The lowest BCUT2D eigenvalue weighted by atomic mass is 10.3. The Morgan fingerprint density at radius 1 is 1.30 bits per heavy atom. The van der Waals surface area contributed by atoms with Crippen LogP contribution >= 0.6 is 11.3 Å². The number of nitrogens with one attached hydrogen (secondary N) is 1. The lowest BCUT2D eigenvalue weighted by Crippen LogP contribution is -2.38. The predicted molar refractivity (Wildman–Crippen MR) is 75.7 cm³/mol. The van der Waals surface area contributed by atoms with Gasteiger partial charge < -0.3 is 5.32 Å². The van der Waals surface area contributed by atoms with Crippen molar-refractivity contribution in [1.29, 1.82) is 0 Å². The lowest BCUT2D eigenvalue weighted by molar-refractivity contribution is -0.151. The Bertz CT molecular complexity index is 402. The van der Waals surface area contributed by atoms with E-state index >= 15 is 0 Å². The summed E-state index contributed by atoms with van der Waals surface area (Å²) in [6, 6.07) is 0.190. The van der Waals surface area contributed by atoms with Gasteiger partial charge in [0.2, 0.25) is 0 Å². The Labute approximate surface area is 122 Å². The molecule has 0 aromatic carbocycles. The van der Waals surface area contributed by atoms with Gasteiger partial charge in [0, 0.05) is 30.6 Å². The highest BCUT2D eigenvalue weighted by atomic mass is 32.1. The normalized spacial score (nSPS) is 12.9. The average molecular weight is 309 g/mol. The fourth-order valence-corrected chi connectivity index (χ4v) is 2.39. The van der Waals surface area contributed by atoms with E-state index < -0.39 is 12.7 Å². The first-order chi connectivity index (χ1) is 9.17. The first kappa shape index (κ1) is 17.4. The van der Waals surface area contributed by atoms with E-state index in [9.17, 15) is 13.2 Å². The van der Waals surface area contributed by atoms with Crippen LogP contribution in [0.2, 0.25) is 0 Å². The molecule has 0 saturated heterocycles. The molecule has 1 aromatic heterocycles. The highest BCUT2D eigenvalue weighted by Gasteiger charge is 2.32. The summed E-state index contributed by atoms with van der Waals surface area (Å²) in [5.41, 5.74) is 0.702. The number of aromatic nitrogens is 1. The molecule has 0 atom stereocenters. The van der Waals surface area contributed by atoms with E-state index in [-0.39, 0.29) is 12.6 Å². The van der Waals surface area contributed by atoms with Gasteiger partial charge in [-0.05, 0) is 13.8 Å². The monoisotopic (exact) mass is 309 g/mol. The molecule has 1 aromatic rings. The molecule has 0 saturated carbocycles. The second-order valence-corrected chi connectivity index (χ2v) is 6.32. The van der Waals surface area contributed by atoms with Crippen molar-refractivity contribution in [3.63, 3.8) is 0 Å². The molecule has 0 fully saturated rings. The molecule has 1 heterocycles. The molecule has 7 heteroatoms. The van der Waals surface area contributed by atoms with Crippen LogP contribution in [0, 0.1) is 0 Å². The summed E-state index contributed by atoms with van der Waals surface area (Å²) in [6.45, 7) is 7.59. The summed E-state index contributed by atoms with van der Waals surface area (Å²) in [5.74, 6) is 0. The van der Waals surface area contributed by atoms with E-state index in [1.807, 2.05) is 19.2 Å². The summed E-state index contributed by atoms with van der Waals surface area (Å²) in [6.07, 6.45) is -4.18. The summed E-state index contributed by atoms with van der Waals surface area (Å²) in [7, 11) is 0. The van der Waals surface area contributed by atoms with Crippen molar-refractivity contribution in [3.05, 3.63) is 16.1 Å². The molecule has 3 nitrogen and oxygen atoms in total. The molecule has 1 rings (SSSR count). The summed E-state index contributed by atoms with van der Waals surface area (Å²) >= 11 is 1.48. The third kappa shape index (κ3) is 6.67. The number of nitrogens with zero attached hydrogens (tertiary/aromatic N) is 2. The van der Waals surface area contributed by atoms with Crippen molar-refractivity contribution >= 4 is 11.3 Å². The second-order valence-electron chi connectivity index (χ2n) is 5.38. The Hall–Kier alpha value is -0.660. The maximum absolute atomic E-state index is 12.5. The summed E-state index contributed by atoms with van der Waals surface area (Å²) in [4.78, 5) is 5.77. The number of hydrogen-bond acceptors (Lipinski definition) is 4. The van der Waals surface area contributed by atoms with Crippen molar-refractivity contribution in [2.75, 3.05) is 6.54 Å². The average Bonchev–Trinajstić information content (AvgIpc) is 2.71. The van der Waals surface area contributed by atoms with Gasteiger partial charge in [-0.15, -0.1) is 11.3 Å². The van der Waals surface area contributed by atoms with E-state index in [4.69, 9.17) is 0 Å². The first-order valence-electron chi connectivity index (χ1n) is 6.65. The van der Waals surface area contributed by atoms with Crippen LogP contribution in [-0.2, 0) is 13.1 Å². The molecule has 0 aliphatic carbocycles. The van der Waals surface area contributed by atoms with Crippen molar-refractivity contribution in [2.45, 2.75) is 59.0 Å². The van der Waals surface area contributed by atoms with Crippen molar-refractivity contribution < 1.29 is 13.2 Å². The SMILES string of the molecule is CC(C)NCc1nc(CN(CC(F)(F)F)C(C)C)cs1. The fourth-order valence-electron chi connectivity index (χ4n) is 1.65. The molecule has 0 aliphatic rings. The molecule has 0 spiro atoms. The van der Waals surface area contributed by atoms with Gasteiger partial charge in [0.1, 0.15) is 5.01 Å². The Morgan fingerprint density at radius 2 is 1.95 bits per heavy atom. The Kier molecular flexibility index (Phi) is 6.42. The van der Waals surface area contributed by atoms with Gasteiger partial charge in [0.25, 0.3) is 0 Å². The van der Waals surface area contributed by atoms with Crippen molar-refractivity contribution in [3.8, 4) is 0 Å². The maximum atomic E-state index is 12.5. The quantitative estimate of drug-likeness (QED) is 0.836. The molecule has 0 amide bonds. The van der Waals surface area contributed by atoms with E-state index in [1.54, 1.807) is 13.8 Å². The number of rotatable bonds is 7. The van der Waals surface area contributed by atoms with E-state index in [2.05, 4.69) is 10.3 Å². The zero-order valence-electron chi connectivity index (χ0n) is 12.3. The minimum absolute atomic E-state index is 0.171. The zero-order chi connectivity index (χ0) is 15.3. The third-order valence-electron chi connectivity index (χ3n) is 2.74. The molecule has 1 N–H and O–H groups in total. The molecule has 0 aliphatic heterocycles. The number of halogens is 3. The van der Waals surface area contributed by atoms with Crippen LogP contribution in [0.1, 0.15) is 38.4 Å². The zero-order valence-corrected chi connectivity index (χ0v) is 13.1. The molecule has 20 heavy (non-hydrogen) atoms. The van der Waals surface area contributed by atoms with Crippen LogP contribution in [0.3, 0.4) is 0 Å². The second kappa shape index (κ2) is 7.38. The van der Waals surface area contributed by atoms with Crippen LogP contribution in [0.5, 0.6) is 0 Å². The van der Waals surface area contributed by atoms with Crippen LogP contribution in [0.15, 0.2) is 5.38 Å². The van der Waals surface area contributed by atoms with E-state index in [0.29, 0.717) is 18.3 Å². The van der Waals surface area contributed by atoms with Crippen molar-refractivity contribution in [2.24, 2.45) is 0 Å². The minimum atomic E-state index is -4.18. The van der Waals surface area contributed by atoms with Crippen molar-refractivity contribution in [1.82, 2.24) is 15.2 Å². The first-order valence-corrected chi connectivity index (χ1v) is 7.53. The van der Waals surface area contributed by atoms with E-state index in [1.165, 1.54) is 16.2 Å². The lowest BCUT2D eigenvalue weighted by Gasteiger charge is -2.26. The van der Waals surface area contributed by atoms with E-state index in [0.717, 1.165) is 5.01 Å². The molecular formula is C13H22F3N3S. The molecular weight excluding hydrogens is 287 g/mol. The Morgan fingerprint density at radius 3 is 2.45 bits per heavy atom. The highest BCUT2D eigenvalue weighted by Crippen LogP contribution is 2.20. The number of hydrogen-bond donors (Lipinski definition) is 1. The van der Waals surface area contributed by atoms with Gasteiger partial charge >= 0.3 is 6.18 Å². The molecule has 0 bridgehead atoms. The minimum Gasteiger partial charge on any atom is -0.308 e. The molecule has 0 unspecified atom stereocenters. The van der Waals surface area contributed by atoms with Crippen LogP contribution < -0.4 is 5.32 Å². The fraction of sp³-hybridized carbons (Fsp3) is 0.769. The maximum Gasteiger partial charge on any atom is 0.401 e. The van der Waals surface area contributed by atoms with Gasteiger partial charge in [-0.3, -0.25) is 4.90 Å². The van der Waals surface area contributed by atoms with Gasteiger partial charge in [0.15, 0.2) is 0 Å². The van der Waals surface area contributed by atoms with Gasteiger partial charge in [-0.2, -0.15) is 13.2 Å². The van der Waals surface area contributed by atoms with Gasteiger partial charge in [-0.1, -0.05) is 13.8 Å². The summed E-state index contributed by atoms with van der Waals surface area (Å²) < 4.78 is 37.5. The summed E-state index contributed by atoms with van der Waals surface area (Å²) in [5, 5.41) is 5.99. The van der Waals surface area contributed by atoms with Crippen LogP contribution in [0.25, 0.3) is 0 Å². The van der Waals surface area contributed by atoms with Gasteiger partial charge in [0.05, 0.1) is 12.2 Å². The predicted octanol–water partition coefficient (Wildman–Crippen LogP) is 3.41. The standard InChI is InChI=1S/C13H22F3N3S/c1-9(2)17-5-12-18-11(7-20-12)6-19(10(3)4)8-13(14,15)16/h7,9-10,17H,5-6,8H2,1-4H3. The Balaban J connectivity index is 2.60.